The molecule has 0 saturated heterocycles. The maximum absolute atomic E-state index is 12.7. The van der Waals surface area contributed by atoms with Crippen LogP contribution in [-0.2, 0) is 16.8 Å². The van der Waals surface area contributed by atoms with Crippen LogP contribution in [0.3, 0.4) is 0 Å². The van der Waals surface area contributed by atoms with Crippen LogP contribution in [0.1, 0.15) is 68.1 Å². The molecule has 2 aliphatic carbocycles. The summed E-state index contributed by atoms with van der Waals surface area (Å²) in [6, 6.07) is 7.82. The van der Waals surface area contributed by atoms with Crippen molar-refractivity contribution in [2.45, 2.75) is 62.8 Å². The van der Waals surface area contributed by atoms with Crippen molar-refractivity contribution in [3.63, 3.8) is 0 Å². The van der Waals surface area contributed by atoms with Crippen molar-refractivity contribution < 1.29 is 9.32 Å². The Morgan fingerprint density at radius 3 is 2.72 bits per heavy atom. The summed E-state index contributed by atoms with van der Waals surface area (Å²) in [5, 5.41) is 7.40. The molecule has 6 heteroatoms. The number of hydrogen-bond acceptors (Lipinski definition) is 4. The van der Waals surface area contributed by atoms with Crippen LogP contribution >= 0.6 is 15.9 Å². The fourth-order valence-electron chi connectivity index (χ4n) is 3.61. The molecule has 0 aliphatic heterocycles. The van der Waals surface area contributed by atoms with E-state index >= 15 is 0 Å². The molecule has 2 aromatic rings. The number of nitrogens with zero attached hydrogens (tertiary/aromatic N) is 2. The highest BCUT2D eigenvalue weighted by Crippen LogP contribution is 2.41. The molecule has 2 aliphatic rings. The lowest BCUT2D eigenvalue weighted by Gasteiger charge is -2.34. The van der Waals surface area contributed by atoms with Crippen LogP contribution < -0.4 is 5.32 Å². The summed E-state index contributed by atoms with van der Waals surface area (Å²) in [7, 11) is 0. The molecule has 1 N–H and O–H groups in total. The largest absolute Gasteiger partial charge is 0.341 e. The van der Waals surface area contributed by atoms with Crippen molar-refractivity contribution in [3.05, 3.63) is 46.0 Å². The monoisotopic (exact) mass is 403 g/mol. The third-order valence-corrected chi connectivity index (χ3v) is 5.96. The zero-order chi connectivity index (χ0) is 17.3. The highest BCUT2D eigenvalue weighted by molar-refractivity contribution is 9.10. The standard InChI is InChI=1S/C19H22BrN3O2/c20-15-7-3-2-6-14(15)12-16(24)22-19(10-4-1-5-11-19)18-21-17(23-25-18)13-8-9-13/h2-3,6-7,13H,1,4-5,8-12H2,(H,22,24). The van der Waals surface area contributed by atoms with E-state index in [1.165, 1.54) is 6.42 Å². The van der Waals surface area contributed by atoms with Gasteiger partial charge in [-0.05, 0) is 37.3 Å². The molecular formula is C19H22BrN3O2. The molecule has 0 atom stereocenters. The first kappa shape index (κ1) is 16.8. The van der Waals surface area contributed by atoms with Gasteiger partial charge < -0.3 is 9.84 Å². The molecule has 1 aromatic carbocycles. The number of carbonyl (C=O) groups excluding carboxylic acids is 1. The number of benzene rings is 1. The number of rotatable bonds is 5. The van der Waals surface area contributed by atoms with Gasteiger partial charge in [-0.1, -0.05) is 58.5 Å². The molecule has 0 unspecified atom stereocenters. The van der Waals surface area contributed by atoms with Gasteiger partial charge in [0, 0.05) is 10.4 Å². The molecular weight excluding hydrogens is 382 g/mol. The smallest absolute Gasteiger partial charge is 0.252 e. The summed E-state index contributed by atoms with van der Waals surface area (Å²) in [5.41, 5.74) is 0.478. The van der Waals surface area contributed by atoms with Crippen LogP contribution in [0.5, 0.6) is 0 Å². The Bertz CT molecular complexity index is 764. The summed E-state index contributed by atoms with van der Waals surface area (Å²) >= 11 is 3.51. The molecule has 1 aromatic heterocycles. The van der Waals surface area contributed by atoms with E-state index < -0.39 is 5.54 Å². The van der Waals surface area contributed by atoms with Crippen molar-refractivity contribution in [2.24, 2.45) is 0 Å². The average Bonchev–Trinajstić information content (AvgIpc) is 3.34. The fraction of sp³-hybridized carbons (Fsp3) is 0.526. The molecule has 25 heavy (non-hydrogen) atoms. The van der Waals surface area contributed by atoms with Crippen LogP contribution in [-0.4, -0.2) is 16.0 Å². The molecule has 2 fully saturated rings. The second-order valence-corrected chi connectivity index (χ2v) is 8.05. The Morgan fingerprint density at radius 1 is 1.24 bits per heavy atom. The van der Waals surface area contributed by atoms with Gasteiger partial charge in [0.1, 0.15) is 5.54 Å². The zero-order valence-electron chi connectivity index (χ0n) is 14.1. The van der Waals surface area contributed by atoms with Gasteiger partial charge in [-0.15, -0.1) is 0 Å². The van der Waals surface area contributed by atoms with Crippen molar-refractivity contribution in [1.82, 2.24) is 15.5 Å². The third-order valence-electron chi connectivity index (χ3n) is 5.19. The van der Waals surface area contributed by atoms with E-state index in [9.17, 15) is 4.79 Å². The summed E-state index contributed by atoms with van der Waals surface area (Å²) in [5.74, 6) is 1.85. The zero-order valence-corrected chi connectivity index (χ0v) is 15.7. The molecule has 0 radical (unpaired) electrons. The first-order valence-electron chi connectivity index (χ1n) is 9.05. The van der Waals surface area contributed by atoms with Crippen LogP contribution in [0.4, 0.5) is 0 Å². The maximum atomic E-state index is 12.7. The lowest BCUT2D eigenvalue weighted by molar-refractivity contribution is -0.123. The number of nitrogens with one attached hydrogen (secondary N) is 1. The van der Waals surface area contributed by atoms with Gasteiger partial charge in [-0.25, -0.2) is 0 Å². The lowest BCUT2D eigenvalue weighted by atomic mass is 9.81. The SMILES string of the molecule is O=C(Cc1ccccc1Br)NC1(c2nc(C3CC3)no2)CCCCC1. The molecule has 5 nitrogen and oxygen atoms in total. The number of aromatic nitrogens is 2. The van der Waals surface area contributed by atoms with Crippen LogP contribution in [0.15, 0.2) is 33.3 Å². The van der Waals surface area contributed by atoms with Gasteiger partial charge in [-0.2, -0.15) is 4.98 Å². The number of hydrogen-bond donors (Lipinski definition) is 1. The maximum Gasteiger partial charge on any atom is 0.252 e. The van der Waals surface area contributed by atoms with Gasteiger partial charge in [-0.3, -0.25) is 4.79 Å². The molecule has 4 rings (SSSR count). The van der Waals surface area contributed by atoms with E-state index in [1.807, 2.05) is 24.3 Å². The lowest BCUT2D eigenvalue weighted by Crippen LogP contribution is -2.48. The van der Waals surface area contributed by atoms with Crippen LogP contribution in [0, 0.1) is 0 Å². The molecule has 1 heterocycles. The topological polar surface area (TPSA) is 68.0 Å². The molecule has 2 saturated carbocycles. The van der Waals surface area contributed by atoms with E-state index in [1.54, 1.807) is 0 Å². The Hall–Kier alpha value is -1.69. The Labute approximate surface area is 155 Å². The molecule has 0 spiro atoms. The van der Waals surface area contributed by atoms with Crippen LogP contribution in [0.2, 0.25) is 0 Å². The second-order valence-electron chi connectivity index (χ2n) is 7.19. The quantitative estimate of drug-likeness (QED) is 0.810. The minimum Gasteiger partial charge on any atom is -0.341 e. The first-order chi connectivity index (χ1) is 12.2. The minimum absolute atomic E-state index is 0.0000260. The van der Waals surface area contributed by atoms with Crippen molar-refractivity contribution in [3.8, 4) is 0 Å². The third kappa shape index (κ3) is 3.64. The summed E-state index contributed by atoms with van der Waals surface area (Å²) < 4.78 is 6.55. The summed E-state index contributed by atoms with van der Waals surface area (Å²) in [6.45, 7) is 0. The van der Waals surface area contributed by atoms with Crippen molar-refractivity contribution in [1.29, 1.82) is 0 Å². The number of carbonyl (C=O) groups is 1. The highest BCUT2D eigenvalue weighted by Gasteiger charge is 2.42. The normalized spacial score (nSPS) is 19.6. The van der Waals surface area contributed by atoms with Gasteiger partial charge in [0.25, 0.3) is 5.89 Å². The van der Waals surface area contributed by atoms with E-state index in [-0.39, 0.29) is 5.91 Å². The molecule has 1 amide bonds. The number of amides is 1. The minimum atomic E-state index is -0.503. The van der Waals surface area contributed by atoms with Gasteiger partial charge >= 0.3 is 0 Å². The fourth-order valence-corrected chi connectivity index (χ4v) is 4.04. The van der Waals surface area contributed by atoms with Gasteiger partial charge in [0.15, 0.2) is 5.82 Å². The van der Waals surface area contributed by atoms with E-state index in [2.05, 4.69) is 31.4 Å². The Kier molecular flexibility index (Phi) is 4.63. The van der Waals surface area contributed by atoms with Gasteiger partial charge in [0.05, 0.1) is 6.42 Å². The molecule has 0 bridgehead atoms. The average molecular weight is 404 g/mol. The number of halogens is 1. The first-order valence-corrected chi connectivity index (χ1v) is 9.84. The Balaban J connectivity index is 1.54. The van der Waals surface area contributed by atoms with E-state index in [0.29, 0.717) is 18.2 Å². The highest BCUT2D eigenvalue weighted by atomic mass is 79.9. The second kappa shape index (κ2) is 6.90. The predicted octanol–water partition coefficient (Wildman–Crippen LogP) is 4.23. The molecule has 132 valence electrons. The van der Waals surface area contributed by atoms with E-state index in [0.717, 1.165) is 54.4 Å². The van der Waals surface area contributed by atoms with Crippen LogP contribution in [0.25, 0.3) is 0 Å². The predicted molar refractivity (Wildman–Crippen MR) is 97.0 cm³/mol. The summed E-state index contributed by atoms with van der Waals surface area (Å²) in [4.78, 5) is 17.4. The Morgan fingerprint density at radius 2 is 2.00 bits per heavy atom. The van der Waals surface area contributed by atoms with E-state index in [4.69, 9.17) is 4.52 Å². The van der Waals surface area contributed by atoms with Gasteiger partial charge in [0.2, 0.25) is 5.91 Å². The van der Waals surface area contributed by atoms with Crippen molar-refractivity contribution in [2.75, 3.05) is 0 Å². The summed E-state index contributed by atoms with van der Waals surface area (Å²) in [6.07, 6.45) is 7.66. The van der Waals surface area contributed by atoms with Crippen molar-refractivity contribution >= 4 is 21.8 Å².